The van der Waals surface area contributed by atoms with E-state index in [-0.39, 0.29) is 11.8 Å². The topological polar surface area (TPSA) is 67.2 Å². The highest BCUT2D eigenvalue weighted by Gasteiger charge is 2.33. The summed E-state index contributed by atoms with van der Waals surface area (Å²) in [7, 11) is 0. The first-order valence-electron chi connectivity index (χ1n) is 11.5. The standard InChI is InChI=1S/C26H28N4O2/c31-24-16-7-8-17-29(24)25(19-10-3-1-4-11-19)26(32)27-18-22-21-14-9-15-23(21)30(28-22)20-12-5-2-6-13-20/h1-6,10-13,25H,7-9,14-18H2,(H,27,32). The van der Waals surface area contributed by atoms with Crippen molar-refractivity contribution in [1.82, 2.24) is 20.0 Å². The van der Waals surface area contributed by atoms with Crippen molar-refractivity contribution in [3.63, 3.8) is 0 Å². The average Bonchev–Trinajstić information content (AvgIpc) is 3.44. The molecule has 2 aliphatic rings. The Labute approximate surface area is 188 Å². The molecule has 32 heavy (non-hydrogen) atoms. The highest BCUT2D eigenvalue weighted by molar-refractivity contribution is 5.89. The zero-order valence-electron chi connectivity index (χ0n) is 18.2. The second-order valence-electron chi connectivity index (χ2n) is 8.55. The number of nitrogens with zero attached hydrogens (tertiary/aromatic N) is 3. The maximum absolute atomic E-state index is 13.4. The van der Waals surface area contributed by atoms with Crippen LogP contribution in [0.5, 0.6) is 0 Å². The molecular weight excluding hydrogens is 400 g/mol. The normalized spacial score (nSPS) is 16.6. The minimum Gasteiger partial charge on any atom is -0.348 e. The predicted molar refractivity (Wildman–Crippen MR) is 122 cm³/mol. The van der Waals surface area contributed by atoms with Gasteiger partial charge in [0.15, 0.2) is 0 Å². The molecule has 1 aliphatic heterocycles. The van der Waals surface area contributed by atoms with Crippen molar-refractivity contribution < 1.29 is 9.59 Å². The zero-order chi connectivity index (χ0) is 21.9. The molecule has 0 bridgehead atoms. The van der Waals surface area contributed by atoms with Gasteiger partial charge in [0, 0.05) is 18.7 Å². The number of carbonyl (C=O) groups excluding carboxylic acids is 2. The van der Waals surface area contributed by atoms with Crippen molar-refractivity contribution in [2.75, 3.05) is 6.54 Å². The number of likely N-dealkylation sites (tertiary alicyclic amines) is 1. The second-order valence-corrected chi connectivity index (χ2v) is 8.55. The maximum atomic E-state index is 13.4. The van der Waals surface area contributed by atoms with Crippen LogP contribution in [0.1, 0.15) is 54.2 Å². The third-order valence-corrected chi connectivity index (χ3v) is 6.48. The number of nitrogens with one attached hydrogen (secondary N) is 1. The van der Waals surface area contributed by atoms with Crippen molar-refractivity contribution in [1.29, 1.82) is 0 Å². The first-order chi connectivity index (χ1) is 15.7. The van der Waals surface area contributed by atoms with E-state index in [1.807, 2.05) is 53.2 Å². The van der Waals surface area contributed by atoms with Gasteiger partial charge in [-0.15, -0.1) is 0 Å². The van der Waals surface area contributed by atoms with E-state index in [1.165, 1.54) is 11.3 Å². The van der Waals surface area contributed by atoms with Gasteiger partial charge in [0.1, 0.15) is 6.04 Å². The van der Waals surface area contributed by atoms with E-state index in [9.17, 15) is 9.59 Å². The molecule has 0 saturated carbocycles. The monoisotopic (exact) mass is 428 g/mol. The number of amides is 2. The molecule has 1 fully saturated rings. The van der Waals surface area contributed by atoms with Gasteiger partial charge in [0.05, 0.1) is 17.9 Å². The van der Waals surface area contributed by atoms with Gasteiger partial charge in [-0.1, -0.05) is 48.5 Å². The van der Waals surface area contributed by atoms with E-state index in [0.717, 1.165) is 49.0 Å². The predicted octanol–water partition coefficient (Wildman–Crippen LogP) is 3.73. The van der Waals surface area contributed by atoms with E-state index in [0.29, 0.717) is 19.5 Å². The zero-order valence-corrected chi connectivity index (χ0v) is 18.2. The van der Waals surface area contributed by atoms with E-state index in [1.54, 1.807) is 4.90 Å². The number of rotatable bonds is 6. The number of benzene rings is 2. The lowest BCUT2D eigenvalue weighted by Crippen LogP contribution is -2.45. The van der Waals surface area contributed by atoms with E-state index >= 15 is 0 Å². The van der Waals surface area contributed by atoms with Crippen LogP contribution in [-0.4, -0.2) is 33.0 Å². The van der Waals surface area contributed by atoms with Crippen LogP contribution in [-0.2, 0) is 29.0 Å². The smallest absolute Gasteiger partial charge is 0.247 e. The largest absolute Gasteiger partial charge is 0.348 e. The Morgan fingerprint density at radius 1 is 0.938 bits per heavy atom. The number of fused-ring (bicyclic) bond motifs is 1. The quantitative estimate of drug-likeness (QED) is 0.651. The highest BCUT2D eigenvalue weighted by Crippen LogP contribution is 2.29. The molecular formula is C26H28N4O2. The number of piperidine rings is 1. The molecule has 2 heterocycles. The molecule has 5 rings (SSSR count). The summed E-state index contributed by atoms with van der Waals surface area (Å²) < 4.78 is 2.02. The summed E-state index contributed by atoms with van der Waals surface area (Å²) in [6.07, 6.45) is 5.42. The molecule has 164 valence electrons. The number of para-hydroxylation sites is 1. The van der Waals surface area contributed by atoms with Crippen molar-refractivity contribution >= 4 is 11.8 Å². The first kappa shape index (κ1) is 20.5. The van der Waals surface area contributed by atoms with E-state index in [2.05, 4.69) is 17.4 Å². The van der Waals surface area contributed by atoms with Crippen LogP contribution < -0.4 is 5.32 Å². The summed E-state index contributed by atoms with van der Waals surface area (Å²) in [6.45, 7) is 0.982. The molecule has 2 aromatic carbocycles. The summed E-state index contributed by atoms with van der Waals surface area (Å²) in [4.78, 5) is 27.8. The minimum absolute atomic E-state index is 0.0505. The molecule has 0 radical (unpaired) electrons. The van der Waals surface area contributed by atoms with Gasteiger partial charge in [-0.05, 0) is 55.4 Å². The van der Waals surface area contributed by atoms with Gasteiger partial charge in [-0.25, -0.2) is 4.68 Å². The van der Waals surface area contributed by atoms with E-state index in [4.69, 9.17) is 5.10 Å². The number of carbonyl (C=O) groups is 2. The lowest BCUT2D eigenvalue weighted by atomic mass is 10.0. The van der Waals surface area contributed by atoms with Gasteiger partial charge in [-0.2, -0.15) is 5.10 Å². The fourth-order valence-corrected chi connectivity index (χ4v) is 4.91. The Morgan fingerprint density at radius 2 is 1.69 bits per heavy atom. The number of aromatic nitrogens is 2. The summed E-state index contributed by atoms with van der Waals surface area (Å²) in [6, 6.07) is 19.1. The fourth-order valence-electron chi connectivity index (χ4n) is 4.91. The molecule has 1 N–H and O–H groups in total. The van der Waals surface area contributed by atoms with Crippen molar-refractivity contribution in [2.24, 2.45) is 0 Å². The molecule has 3 aromatic rings. The molecule has 6 nitrogen and oxygen atoms in total. The van der Waals surface area contributed by atoms with Crippen molar-refractivity contribution in [3.8, 4) is 5.69 Å². The van der Waals surface area contributed by atoms with Crippen LogP contribution in [0.2, 0.25) is 0 Å². The van der Waals surface area contributed by atoms with Crippen molar-refractivity contribution in [2.45, 2.75) is 51.1 Å². The highest BCUT2D eigenvalue weighted by atomic mass is 16.2. The molecule has 1 unspecified atom stereocenters. The second kappa shape index (κ2) is 8.99. The first-order valence-corrected chi connectivity index (χ1v) is 11.5. The summed E-state index contributed by atoms with van der Waals surface area (Å²) in [5.41, 5.74) is 5.31. The Morgan fingerprint density at radius 3 is 2.44 bits per heavy atom. The SMILES string of the molecule is O=C(NCc1nn(-c2ccccc2)c2c1CCC2)C(c1ccccc1)N1CCCCC1=O. The van der Waals surface area contributed by atoms with Gasteiger partial charge < -0.3 is 10.2 Å². The molecule has 0 spiro atoms. The van der Waals surface area contributed by atoms with Crippen LogP contribution in [0.3, 0.4) is 0 Å². The fraction of sp³-hybridized carbons (Fsp3) is 0.346. The van der Waals surface area contributed by atoms with Crippen LogP contribution in [0.15, 0.2) is 60.7 Å². The number of hydrogen-bond donors (Lipinski definition) is 1. The number of hydrogen-bond acceptors (Lipinski definition) is 3. The Hall–Kier alpha value is -3.41. The van der Waals surface area contributed by atoms with E-state index < -0.39 is 6.04 Å². The Kier molecular flexibility index (Phi) is 5.75. The van der Waals surface area contributed by atoms with Crippen molar-refractivity contribution in [3.05, 3.63) is 83.2 Å². The molecule has 1 atom stereocenters. The lowest BCUT2D eigenvalue weighted by Gasteiger charge is -2.34. The molecule has 1 aromatic heterocycles. The maximum Gasteiger partial charge on any atom is 0.247 e. The average molecular weight is 429 g/mol. The molecule has 6 heteroatoms. The van der Waals surface area contributed by atoms with Crippen LogP contribution in [0.25, 0.3) is 5.69 Å². The summed E-state index contributed by atoms with van der Waals surface area (Å²) in [5, 5.41) is 7.96. The molecule has 2 amide bonds. The minimum atomic E-state index is -0.603. The lowest BCUT2D eigenvalue weighted by molar-refractivity contribution is -0.142. The summed E-state index contributed by atoms with van der Waals surface area (Å²) >= 11 is 0. The van der Waals surface area contributed by atoms with Crippen LogP contribution in [0.4, 0.5) is 0 Å². The van der Waals surface area contributed by atoms with Crippen LogP contribution in [0, 0.1) is 0 Å². The van der Waals surface area contributed by atoms with Gasteiger partial charge in [-0.3, -0.25) is 9.59 Å². The third kappa shape index (κ3) is 3.93. The Balaban J connectivity index is 1.39. The third-order valence-electron chi connectivity index (χ3n) is 6.48. The van der Waals surface area contributed by atoms with Gasteiger partial charge in [0.2, 0.25) is 11.8 Å². The Bertz CT molecular complexity index is 1110. The molecule has 1 saturated heterocycles. The van der Waals surface area contributed by atoms with Gasteiger partial charge in [0.25, 0.3) is 0 Å². The molecule has 1 aliphatic carbocycles. The summed E-state index contributed by atoms with van der Waals surface area (Å²) in [5.74, 6) is -0.0954. The van der Waals surface area contributed by atoms with Gasteiger partial charge >= 0.3 is 0 Å². The van der Waals surface area contributed by atoms with Crippen LogP contribution >= 0.6 is 0 Å².